The van der Waals surface area contributed by atoms with E-state index in [2.05, 4.69) is 24.3 Å². The van der Waals surface area contributed by atoms with Gasteiger partial charge in [-0.15, -0.1) is 0 Å². The maximum Gasteiger partial charge on any atom is 0.123 e. The molecule has 19 heavy (non-hydrogen) atoms. The molecular formula is C15H24FN3. The first kappa shape index (κ1) is 14.4. The second kappa shape index (κ2) is 6.46. The Bertz CT molecular complexity index is 383. The lowest BCUT2D eigenvalue weighted by atomic mass is 9.99. The second-order valence-electron chi connectivity index (χ2n) is 5.51. The van der Waals surface area contributed by atoms with Gasteiger partial charge in [-0.3, -0.25) is 0 Å². The van der Waals surface area contributed by atoms with Crippen molar-refractivity contribution in [3.63, 3.8) is 0 Å². The van der Waals surface area contributed by atoms with Gasteiger partial charge in [0.15, 0.2) is 0 Å². The summed E-state index contributed by atoms with van der Waals surface area (Å²) in [5.41, 5.74) is 10.4. The third-order valence-corrected chi connectivity index (χ3v) is 4.01. The van der Waals surface area contributed by atoms with Gasteiger partial charge in [0.05, 0.1) is 6.04 Å². The number of hydrazine groups is 1. The second-order valence-corrected chi connectivity index (χ2v) is 5.51. The number of benzene rings is 1. The van der Waals surface area contributed by atoms with Crippen LogP contribution in [0, 0.1) is 5.82 Å². The van der Waals surface area contributed by atoms with Gasteiger partial charge in [0.1, 0.15) is 5.82 Å². The molecule has 0 spiro atoms. The fourth-order valence-electron chi connectivity index (χ4n) is 2.81. The van der Waals surface area contributed by atoms with Crippen LogP contribution in [0.25, 0.3) is 0 Å². The van der Waals surface area contributed by atoms with Crippen LogP contribution in [-0.2, 0) is 0 Å². The molecule has 1 aromatic carbocycles. The smallest absolute Gasteiger partial charge is 0.123 e. The number of hydrogen-bond acceptors (Lipinski definition) is 3. The number of halogens is 1. The predicted molar refractivity (Wildman–Crippen MR) is 75.9 cm³/mol. The summed E-state index contributed by atoms with van der Waals surface area (Å²) in [7, 11) is 0. The van der Waals surface area contributed by atoms with Gasteiger partial charge in [-0.2, -0.15) is 0 Å². The minimum atomic E-state index is -0.209. The van der Waals surface area contributed by atoms with Crippen molar-refractivity contribution in [1.82, 2.24) is 10.4 Å². The summed E-state index contributed by atoms with van der Waals surface area (Å²) in [6, 6.07) is 7.66. The van der Waals surface area contributed by atoms with Gasteiger partial charge in [-0.25, -0.2) is 14.8 Å². The van der Waals surface area contributed by atoms with E-state index in [0.717, 1.165) is 5.56 Å². The molecule has 0 saturated carbocycles. The van der Waals surface area contributed by atoms with Crippen LogP contribution in [0.15, 0.2) is 24.3 Å². The monoisotopic (exact) mass is 265 g/mol. The van der Waals surface area contributed by atoms with E-state index >= 15 is 0 Å². The number of rotatable bonds is 4. The Kier molecular flexibility index (Phi) is 4.91. The number of hydrogen-bond donors (Lipinski definition) is 2. The molecule has 1 saturated heterocycles. The van der Waals surface area contributed by atoms with Gasteiger partial charge < -0.3 is 5.73 Å². The first-order valence-corrected chi connectivity index (χ1v) is 7.12. The highest BCUT2D eigenvalue weighted by molar-refractivity contribution is 5.20. The Hall–Kier alpha value is -0.970. The van der Waals surface area contributed by atoms with E-state index in [1.165, 1.54) is 31.4 Å². The highest BCUT2D eigenvalue weighted by Crippen LogP contribution is 2.23. The van der Waals surface area contributed by atoms with E-state index in [0.29, 0.717) is 18.6 Å². The fourth-order valence-corrected chi connectivity index (χ4v) is 2.81. The Labute approximate surface area is 114 Å². The maximum absolute atomic E-state index is 13.0. The summed E-state index contributed by atoms with van der Waals surface area (Å²) in [5.74, 6) is -0.209. The molecule has 1 aromatic rings. The Morgan fingerprint density at radius 3 is 2.37 bits per heavy atom. The third-order valence-electron chi connectivity index (χ3n) is 4.01. The lowest BCUT2D eigenvalue weighted by Gasteiger charge is -2.41. The lowest BCUT2D eigenvalue weighted by molar-refractivity contribution is 0.0304. The molecule has 106 valence electrons. The fraction of sp³-hybridized carbons (Fsp3) is 0.600. The minimum absolute atomic E-state index is 0.0450. The molecule has 2 rings (SSSR count). The van der Waals surface area contributed by atoms with Crippen LogP contribution in [-0.4, -0.2) is 23.6 Å². The zero-order chi connectivity index (χ0) is 13.8. The first-order chi connectivity index (χ1) is 9.11. The number of nitrogens with zero attached hydrogens (tertiary/aromatic N) is 1. The van der Waals surface area contributed by atoms with Crippen molar-refractivity contribution in [3.8, 4) is 0 Å². The van der Waals surface area contributed by atoms with Gasteiger partial charge in [0, 0.05) is 18.6 Å². The molecule has 4 heteroatoms. The van der Waals surface area contributed by atoms with Gasteiger partial charge in [0.25, 0.3) is 0 Å². The molecular weight excluding hydrogens is 241 g/mol. The van der Waals surface area contributed by atoms with Gasteiger partial charge in [-0.05, 0) is 44.4 Å². The van der Waals surface area contributed by atoms with Crippen molar-refractivity contribution in [2.45, 2.75) is 51.2 Å². The number of nitrogens with two attached hydrogens (primary N) is 1. The average molecular weight is 265 g/mol. The Balaban J connectivity index is 2.07. The van der Waals surface area contributed by atoms with Crippen LogP contribution >= 0.6 is 0 Å². The van der Waals surface area contributed by atoms with E-state index in [4.69, 9.17) is 5.73 Å². The van der Waals surface area contributed by atoms with Crippen molar-refractivity contribution >= 4 is 0 Å². The molecule has 3 N–H and O–H groups in total. The van der Waals surface area contributed by atoms with E-state index in [-0.39, 0.29) is 11.9 Å². The lowest BCUT2D eigenvalue weighted by Crippen LogP contribution is -2.54. The van der Waals surface area contributed by atoms with Gasteiger partial charge in [0.2, 0.25) is 0 Å². The zero-order valence-corrected chi connectivity index (χ0v) is 11.8. The Morgan fingerprint density at radius 1 is 1.26 bits per heavy atom. The van der Waals surface area contributed by atoms with E-state index in [1.54, 1.807) is 12.1 Å². The first-order valence-electron chi connectivity index (χ1n) is 7.12. The number of piperidine rings is 1. The molecule has 1 fully saturated rings. The van der Waals surface area contributed by atoms with Crippen LogP contribution in [0.1, 0.15) is 44.7 Å². The summed E-state index contributed by atoms with van der Waals surface area (Å²) < 4.78 is 13.0. The summed E-state index contributed by atoms with van der Waals surface area (Å²) in [6.45, 7) is 4.98. The zero-order valence-electron chi connectivity index (χ0n) is 11.8. The molecule has 1 heterocycles. The largest absolute Gasteiger partial charge is 0.329 e. The molecule has 0 radical (unpaired) electrons. The van der Waals surface area contributed by atoms with Crippen LogP contribution in [0.2, 0.25) is 0 Å². The normalized spacial score (nSPS) is 26.3. The summed E-state index contributed by atoms with van der Waals surface area (Å²) in [5, 5.41) is 2.31. The van der Waals surface area contributed by atoms with Gasteiger partial charge >= 0.3 is 0 Å². The molecule has 0 aromatic heterocycles. The quantitative estimate of drug-likeness (QED) is 0.879. The predicted octanol–water partition coefficient (Wildman–Crippen LogP) is 2.59. The molecule has 0 amide bonds. The van der Waals surface area contributed by atoms with E-state index in [1.807, 2.05) is 0 Å². The summed E-state index contributed by atoms with van der Waals surface area (Å²) in [4.78, 5) is 0. The highest BCUT2D eigenvalue weighted by Gasteiger charge is 2.26. The molecule has 3 atom stereocenters. The topological polar surface area (TPSA) is 41.3 Å². The van der Waals surface area contributed by atoms with E-state index < -0.39 is 0 Å². The van der Waals surface area contributed by atoms with Gasteiger partial charge in [-0.1, -0.05) is 18.6 Å². The maximum atomic E-state index is 13.0. The van der Waals surface area contributed by atoms with Crippen molar-refractivity contribution in [3.05, 3.63) is 35.6 Å². The van der Waals surface area contributed by atoms with E-state index in [9.17, 15) is 4.39 Å². The van der Waals surface area contributed by atoms with Crippen molar-refractivity contribution in [2.75, 3.05) is 6.54 Å². The molecule has 1 aliphatic heterocycles. The molecule has 1 aliphatic rings. The number of nitrogens with one attached hydrogen (secondary N) is 1. The van der Waals surface area contributed by atoms with Crippen molar-refractivity contribution < 1.29 is 4.39 Å². The average Bonchev–Trinajstić information content (AvgIpc) is 2.40. The third kappa shape index (κ3) is 3.53. The summed E-state index contributed by atoms with van der Waals surface area (Å²) >= 11 is 0. The molecule has 0 aliphatic carbocycles. The van der Waals surface area contributed by atoms with Crippen LogP contribution in [0.5, 0.6) is 0 Å². The van der Waals surface area contributed by atoms with Crippen LogP contribution in [0.3, 0.4) is 0 Å². The molecule has 3 nitrogen and oxygen atoms in total. The standard InChI is InChI=1S/C15H24FN3/c1-11-4-3-5-12(2)19(11)18-15(10-17)13-6-8-14(16)9-7-13/h6-9,11-12,15,18H,3-5,10,17H2,1-2H3. The summed E-state index contributed by atoms with van der Waals surface area (Å²) in [6.07, 6.45) is 3.69. The minimum Gasteiger partial charge on any atom is -0.329 e. The SMILES string of the molecule is CC1CCCC(C)N1NC(CN)c1ccc(F)cc1. The van der Waals surface area contributed by atoms with Crippen molar-refractivity contribution in [2.24, 2.45) is 5.73 Å². The van der Waals surface area contributed by atoms with Crippen molar-refractivity contribution in [1.29, 1.82) is 0 Å². The Morgan fingerprint density at radius 2 is 1.84 bits per heavy atom. The molecule has 0 bridgehead atoms. The molecule has 3 unspecified atom stereocenters. The van der Waals surface area contributed by atoms with Crippen LogP contribution < -0.4 is 11.2 Å². The highest BCUT2D eigenvalue weighted by atomic mass is 19.1. The van der Waals surface area contributed by atoms with Crippen LogP contribution in [0.4, 0.5) is 4.39 Å².